The summed E-state index contributed by atoms with van der Waals surface area (Å²) in [5.41, 5.74) is 1.12. The molecule has 0 amide bonds. The van der Waals surface area contributed by atoms with E-state index in [-0.39, 0.29) is 16.6 Å². The van der Waals surface area contributed by atoms with Gasteiger partial charge in [-0.3, -0.25) is 9.89 Å². The lowest BCUT2D eigenvalue weighted by atomic mass is 10.0. The van der Waals surface area contributed by atoms with E-state index in [1.54, 1.807) is 12.1 Å². The predicted octanol–water partition coefficient (Wildman–Crippen LogP) is 3.04. The molecule has 1 aromatic carbocycles. The highest BCUT2D eigenvalue weighted by molar-refractivity contribution is 8.00. The molecule has 28 heavy (non-hydrogen) atoms. The van der Waals surface area contributed by atoms with Crippen LogP contribution in [0, 0.1) is 5.82 Å². The molecule has 0 radical (unpaired) electrons. The molecule has 2 fully saturated rings. The van der Waals surface area contributed by atoms with Crippen molar-refractivity contribution in [1.82, 2.24) is 15.5 Å². The normalized spacial score (nSPS) is 24.9. The summed E-state index contributed by atoms with van der Waals surface area (Å²) in [6, 6.07) is 7.01. The molecule has 2 heterocycles. The molecule has 2 aliphatic rings. The second kappa shape index (κ2) is 10.5. The van der Waals surface area contributed by atoms with E-state index in [2.05, 4.69) is 29.4 Å². The lowest BCUT2D eigenvalue weighted by Crippen LogP contribution is -2.46. The fourth-order valence-electron chi connectivity index (χ4n) is 3.77. The SMILES string of the molecule is CCNC(=NCC1(C)CCCS1)NCC(c1ccc(F)cc1)N1CCOCC1. The molecule has 0 saturated carbocycles. The summed E-state index contributed by atoms with van der Waals surface area (Å²) in [6.45, 7) is 10.0. The summed E-state index contributed by atoms with van der Waals surface area (Å²) in [7, 11) is 0. The highest BCUT2D eigenvalue weighted by atomic mass is 32.2. The third-order valence-electron chi connectivity index (χ3n) is 5.42. The zero-order valence-corrected chi connectivity index (χ0v) is 17.9. The molecule has 156 valence electrons. The van der Waals surface area contributed by atoms with Gasteiger partial charge in [0.15, 0.2) is 5.96 Å². The number of ether oxygens (including phenoxy) is 1. The van der Waals surface area contributed by atoms with Crippen LogP contribution in [-0.4, -0.2) is 67.3 Å². The molecule has 0 spiro atoms. The first-order valence-corrected chi connectivity index (χ1v) is 11.3. The zero-order valence-electron chi connectivity index (χ0n) is 17.0. The van der Waals surface area contributed by atoms with E-state index in [0.29, 0.717) is 0 Å². The Labute approximate surface area is 172 Å². The van der Waals surface area contributed by atoms with Gasteiger partial charge >= 0.3 is 0 Å². The third kappa shape index (κ3) is 6.09. The van der Waals surface area contributed by atoms with Crippen molar-refractivity contribution < 1.29 is 9.13 Å². The van der Waals surface area contributed by atoms with Crippen LogP contribution in [0.4, 0.5) is 4.39 Å². The number of aliphatic imine (C=N–C) groups is 1. The number of rotatable bonds is 7. The Morgan fingerprint density at radius 2 is 2.04 bits per heavy atom. The second-order valence-corrected chi connectivity index (χ2v) is 9.38. The molecule has 5 nitrogen and oxygen atoms in total. The van der Waals surface area contributed by atoms with Crippen LogP contribution in [-0.2, 0) is 4.74 Å². The molecular formula is C21H33FN4OS. The van der Waals surface area contributed by atoms with Gasteiger partial charge in [0.1, 0.15) is 5.82 Å². The van der Waals surface area contributed by atoms with Crippen LogP contribution in [0.25, 0.3) is 0 Å². The van der Waals surface area contributed by atoms with Crippen molar-refractivity contribution in [1.29, 1.82) is 0 Å². The van der Waals surface area contributed by atoms with Crippen LogP contribution in [0.3, 0.4) is 0 Å². The van der Waals surface area contributed by atoms with Crippen LogP contribution >= 0.6 is 11.8 Å². The number of nitrogens with zero attached hydrogens (tertiary/aromatic N) is 2. The number of hydrogen-bond acceptors (Lipinski definition) is 4. The summed E-state index contributed by atoms with van der Waals surface area (Å²) in [5.74, 6) is 1.89. The van der Waals surface area contributed by atoms with Crippen LogP contribution < -0.4 is 10.6 Å². The number of nitrogens with one attached hydrogen (secondary N) is 2. The Kier molecular flexibility index (Phi) is 8.00. The molecule has 7 heteroatoms. The molecule has 2 saturated heterocycles. The van der Waals surface area contributed by atoms with E-state index in [0.717, 1.165) is 57.5 Å². The molecular weight excluding hydrogens is 375 g/mol. The van der Waals surface area contributed by atoms with Gasteiger partial charge in [0, 0.05) is 30.9 Å². The average Bonchev–Trinajstić information content (AvgIpc) is 3.15. The summed E-state index contributed by atoms with van der Waals surface area (Å²) >= 11 is 2.03. The van der Waals surface area contributed by atoms with Gasteiger partial charge in [0.05, 0.1) is 25.8 Å². The van der Waals surface area contributed by atoms with Gasteiger partial charge in [-0.25, -0.2) is 4.39 Å². The maximum atomic E-state index is 13.4. The van der Waals surface area contributed by atoms with Gasteiger partial charge in [-0.2, -0.15) is 11.8 Å². The monoisotopic (exact) mass is 408 g/mol. The van der Waals surface area contributed by atoms with Crippen LogP contribution in [0.15, 0.2) is 29.3 Å². The lowest BCUT2D eigenvalue weighted by molar-refractivity contribution is 0.0170. The number of halogens is 1. The molecule has 0 aliphatic carbocycles. The zero-order chi connectivity index (χ0) is 19.8. The topological polar surface area (TPSA) is 48.9 Å². The minimum atomic E-state index is -0.199. The van der Waals surface area contributed by atoms with Crippen molar-refractivity contribution in [3.63, 3.8) is 0 Å². The highest BCUT2D eigenvalue weighted by Crippen LogP contribution is 2.37. The van der Waals surface area contributed by atoms with Crippen molar-refractivity contribution >= 4 is 17.7 Å². The summed E-state index contributed by atoms with van der Waals surface area (Å²) in [6.07, 6.45) is 2.51. The number of thioether (sulfide) groups is 1. The predicted molar refractivity (Wildman–Crippen MR) is 116 cm³/mol. The number of guanidine groups is 1. The van der Waals surface area contributed by atoms with Crippen molar-refractivity contribution in [3.05, 3.63) is 35.6 Å². The Morgan fingerprint density at radius 1 is 1.29 bits per heavy atom. The van der Waals surface area contributed by atoms with E-state index >= 15 is 0 Å². The summed E-state index contributed by atoms with van der Waals surface area (Å²) in [4.78, 5) is 7.27. The van der Waals surface area contributed by atoms with Gasteiger partial charge in [-0.1, -0.05) is 12.1 Å². The van der Waals surface area contributed by atoms with E-state index in [9.17, 15) is 4.39 Å². The maximum Gasteiger partial charge on any atom is 0.191 e. The summed E-state index contributed by atoms with van der Waals surface area (Å²) < 4.78 is 19.2. The maximum absolute atomic E-state index is 13.4. The minimum absolute atomic E-state index is 0.157. The Balaban J connectivity index is 1.68. The molecule has 1 aromatic rings. The Bertz CT molecular complexity index is 628. The summed E-state index contributed by atoms with van der Waals surface area (Å²) in [5, 5.41) is 6.89. The molecule has 2 atom stereocenters. The van der Waals surface area contributed by atoms with Crippen LogP contribution in [0.2, 0.25) is 0 Å². The van der Waals surface area contributed by atoms with E-state index in [4.69, 9.17) is 9.73 Å². The minimum Gasteiger partial charge on any atom is -0.379 e. The van der Waals surface area contributed by atoms with Gasteiger partial charge in [0.2, 0.25) is 0 Å². The third-order valence-corrected chi connectivity index (χ3v) is 6.94. The fourth-order valence-corrected chi connectivity index (χ4v) is 5.00. The first kappa shape index (κ1) is 21.4. The van der Waals surface area contributed by atoms with Crippen molar-refractivity contribution in [2.45, 2.75) is 37.5 Å². The first-order chi connectivity index (χ1) is 13.6. The van der Waals surface area contributed by atoms with E-state index in [1.807, 2.05) is 23.9 Å². The average molecular weight is 409 g/mol. The Hall–Kier alpha value is -1.31. The lowest BCUT2D eigenvalue weighted by Gasteiger charge is -2.35. The fraction of sp³-hybridized carbons (Fsp3) is 0.667. The van der Waals surface area contributed by atoms with Gasteiger partial charge < -0.3 is 15.4 Å². The molecule has 3 rings (SSSR count). The van der Waals surface area contributed by atoms with Crippen molar-refractivity contribution in [2.24, 2.45) is 4.99 Å². The number of benzene rings is 1. The van der Waals surface area contributed by atoms with Gasteiger partial charge in [-0.05, 0) is 50.1 Å². The van der Waals surface area contributed by atoms with E-state index < -0.39 is 0 Å². The second-order valence-electron chi connectivity index (χ2n) is 7.69. The Morgan fingerprint density at radius 3 is 2.68 bits per heavy atom. The largest absolute Gasteiger partial charge is 0.379 e. The van der Waals surface area contributed by atoms with E-state index in [1.165, 1.54) is 18.6 Å². The van der Waals surface area contributed by atoms with Crippen LogP contribution in [0.1, 0.15) is 38.3 Å². The van der Waals surface area contributed by atoms with Gasteiger partial charge in [-0.15, -0.1) is 0 Å². The molecule has 0 bridgehead atoms. The standard InChI is InChI=1S/C21H33FN4OS/c1-3-23-20(25-16-21(2)9-4-14-28-21)24-15-19(26-10-12-27-13-11-26)17-5-7-18(22)8-6-17/h5-8,19H,3-4,9-16H2,1-2H3,(H2,23,24,25). The quantitative estimate of drug-likeness (QED) is 0.536. The van der Waals surface area contributed by atoms with Crippen molar-refractivity contribution in [2.75, 3.05) is 51.7 Å². The van der Waals surface area contributed by atoms with Crippen LogP contribution in [0.5, 0.6) is 0 Å². The first-order valence-electron chi connectivity index (χ1n) is 10.3. The number of hydrogen-bond donors (Lipinski definition) is 2. The van der Waals surface area contributed by atoms with Crippen molar-refractivity contribution in [3.8, 4) is 0 Å². The molecule has 0 aromatic heterocycles. The van der Waals surface area contributed by atoms with Gasteiger partial charge in [0.25, 0.3) is 0 Å². The molecule has 2 N–H and O–H groups in total. The number of morpholine rings is 1. The smallest absolute Gasteiger partial charge is 0.191 e. The highest BCUT2D eigenvalue weighted by Gasteiger charge is 2.29. The molecule has 2 unspecified atom stereocenters. The molecule has 2 aliphatic heterocycles.